The molecular formula is C25H27F2N5O. The highest BCUT2D eigenvalue weighted by atomic mass is 19.1. The van der Waals surface area contributed by atoms with Gasteiger partial charge in [0.2, 0.25) is 5.96 Å². The summed E-state index contributed by atoms with van der Waals surface area (Å²) < 4.78 is 26.7. The second-order valence-corrected chi connectivity index (χ2v) is 7.70. The Hall–Kier alpha value is -3.62. The first-order valence-electron chi connectivity index (χ1n) is 10.5. The number of hydrogen-bond donors (Lipinski definition) is 4. The Morgan fingerprint density at radius 3 is 2.39 bits per heavy atom. The Balaban J connectivity index is 1.74. The highest BCUT2D eigenvalue weighted by Crippen LogP contribution is 2.15. The van der Waals surface area contributed by atoms with Crippen LogP contribution in [0.2, 0.25) is 0 Å². The van der Waals surface area contributed by atoms with Crippen LogP contribution in [0.15, 0.2) is 77.8 Å². The molecule has 0 aliphatic carbocycles. The molecule has 0 aliphatic rings. The van der Waals surface area contributed by atoms with E-state index < -0.39 is 23.9 Å². The number of aliphatic imine (C=N–C) groups is 1. The van der Waals surface area contributed by atoms with Gasteiger partial charge in [-0.15, -0.1) is 0 Å². The van der Waals surface area contributed by atoms with Crippen molar-refractivity contribution in [3.8, 4) is 0 Å². The van der Waals surface area contributed by atoms with Gasteiger partial charge in [0.05, 0.1) is 6.17 Å². The predicted molar refractivity (Wildman–Crippen MR) is 125 cm³/mol. The van der Waals surface area contributed by atoms with E-state index >= 15 is 0 Å². The molecule has 3 rings (SSSR count). The Labute approximate surface area is 191 Å². The molecule has 6 N–H and O–H groups in total. The summed E-state index contributed by atoms with van der Waals surface area (Å²) in [5.41, 5.74) is 15.4. The standard InChI is InChI=1S/C25H27F2N5O/c1-16-5-2-3-6-19(16)15-30-25(32-24(33)18-7-4-8-21(27)13-18)31-23(29)14-22(28)17-9-11-20(26)12-10-17/h2-13,22-23H,14-15,28-29H2,1H3,(H2,30,31,32,33). The molecule has 0 bridgehead atoms. The lowest BCUT2D eigenvalue weighted by Gasteiger charge is -2.21. The quantitative estimate of drug-likeness (QED) is 0.250. The summed E-state index contributed by atoms with van der Waals surface area (Å²) in [6, 6.07) is 18.5. The van der Waals surface area contributed by atoms with Crippen LogP contribution >= 0.6 is 0 Å². The molecule has 33 heavy (non-hydrogen) atoms. The Morgan fingerprint density at radius 2 is 1.70 bits per heavy atom. The number of amides is 1. The number of carbonyl (C=O) groups excluding carboxylic acids is 1. The number of halogens is 2. The van der Waals surface area contributed by atoms with Gasteiger partial charge in [-0.2, -0.15) is 4.99 Å². The van der Waals surface area contributed by atoms with Crippen molar-refractivity contribution in [2.24, 2.45) is 16.5 Å². The molecule has 0 spiro atoms. The molecular weight excluding hydrogens is 424 g/mol. The highest BCUT2D eigenvalue weighted by molar-refractivity contribution is 6.02. The second kappa shape index (κ2) is 11.3. The van der Waals surface area contributed by atoms with Gasteiger partial charge in [-0.3, -0.25) is 4.79 Å². The van der Waals surface area contributed by atoms with Crippen molar-refractivity contribution in [3.05, 3.63) is 107 Å². The van der Waals surface area contributed by atoms with Gasteiger partial charge in [-0.05, 0) is 60.4 Å². The molecule has 0 aromatic heterocycles. The molecule has 3 aromatic rings. The van der Waals surface area contributed by atoms with Crippen LogP contribution in [0.3, 0.4) is 0 Å². The molecule has 0 aliphatic heterocycles. The number of benzene rings is 3. The van der Waals surface area contributed by atoms with Gasteiger partial charge in [0, 0.05) is 18.2 Å². The lowest BCUT2D eigenvalue weighted by molar-refractivity contribution is 0.100. The average molecular weight is 452 g/mol. The summed E-state index contributed by atoms with van der Waals surface area (Å²) >= 11 is 0. The van der Waals surface area contributed by atoms with E-state index in [1.54, 1.807) is 12.1 Å². The van der Waals surface area contributed by atoms with Crippen molar-refractivity contribution in [2.75, 3.05) is 0 Å². The minimum absolute atomic E-state index is 0.114. The van der Waals surface area contributed by atoms with Crippen LogP contribution in [-0.4, -0.2) is 18.0 Å². The van der Waals surface area contributed by atoms with E-state index in [0.717, 1.165) is 22.8 Å². The Morgan fingerprint density at radius 1 is 0.970 bits per heavy atom. The van der Waals surface area contributed by atoms with E-state index in [-0.39, 0.29) is 17.3 Å². The zero-order valence-corrected chi connectivity index (χ0v) is 18.3. The molecule has 0 fully saturated rings. The van der Waals surface area contributed by atoms with Crippen LogP contribution in [0.1, 0.15) is 39.5 Å². The molecule has 0 heterocycles. The van der Waals surface area contributed by atoms with Crippen molar-refractivity contribution < 1.29 is 13.6 Å². The number of aryl methyl sites for hydroxylation is 1. The fraction of sp³-hybridized carbons (Fsp3) is 0.200. The van der Waals surface area contributed by atoms with Crippen molar-refractivity contribution in [3.63, 3.8) is 0 Å². The van der Waals surface area contributed by atoms with Crippen LogP contribution in [-0.2, 0) is 6.54 Å². The molecule has 6 nitrogen and oxygen atoms in total. The maximum Gasteiger partial charge on any atom is 0.280 e. The summed E-state index contributed by atoms with van der Waals surface area (Å²) in [4.78, 5) is 16.7. The first kappa shape index (κ1) is 24.0. The van der Waals surface area contributed by atoms with Crippen LogP contribution in [0.5, 0.6) is 0 Å². The van der Waals surface area contributed by atoms with E-state index in [9.17, 15) is 13.6 Å². The minimum atomic E-state index is -0.659. The fourth-order valence-electron chi connectivity index (χ4n) is 3.25. The van der Waals surface area contributed by atoms with Crippen molar-refractivity contribution in [1.29, 1.82) is 0 Å². The predicted octanol–water partition coefficient (Wildman–Crippen LogP) is 3.52. The summed E-state index contributed by atoms with van der Waals surface area (Å²) in [5, 5.41) is 6.08. The lowest BCUT2D eigenvalue weighted by Crippen LogP contribution is -2.49. The van der Waals surface area contributed by atoms with Crippen molar-refractivity contribution >= 4 is 11.9 Å². The number of hydrogen-bond acceptors (Lipinski definition) is 3. The Bertz CT molecular complexity index is 1120. The number of carbonyl (C=O) groups is 1. The summed E-state index contributed by atoms with van der Waals surface area (Å²) in [5.74, 6) is -1.35. The summed E-state index contributed by atoms with van der Waals surface area (Å²) in [6.07, 6.45) is -0.362. The number of nitrogens with zero attached hydrogens (tertiary/aromatic N) is 1. The van der Waals surface area contributed by atoms with Gasteiger partial charge < -0.3 is 22.1 Å². The normalized spacial score (nSPS) is 13.3. The number of rotatable bonds is 7. The molecule has 2 unspecified atom stereocenters. The molecule has 1 amide bonds. The van der Waals surface area contributed by atoms with Gasteiger partial charge in [0.25, 0.3) is 5.91 Å². The van der Waals surface area contributed by atoms with E-state index in [2.05, 4.69) is 15.6 Å². The maximum absolute atomic E-state index is 13.5. The van der Waals surface area contributed by atoms with Crippen LogP contribution in [0.25, 0.3) is 0 Å². The van der Waals surface area contributed by atoms with E-state index in [1.807, 2.05) is 31.2 Å². The van der Waals surface area contributed by atoms with Crippen LogP contribution < -0.4 is 22.1 Å². The molecule has 8 heteroatoms. The zero-order chi connectivity index (χ0) is 23.8. The Kier molecular flexibility index (Phi) is 8.23. The molecule has 3 aromatic carbocycles. The fourth-order valence-corrected chi connectivity index (χ4v) is 3.25. The van der Waals surface area contributed by atoms with Gasteiger partial charge >= 0.3 is 0 Å². The topological polar surface area (TPSA) is 106 Å². The lowest BCUT2D eigenvalue weighted by atomic mass is 10.0. The van der Waals surface area contributed by atoms with E-state index in [0.29, 0.717) is 13.0 Å². The van der Waals surface area contributed by atoms with Crippen molar-refractivity contribution in [1.82, 2.24) is 10.6 Å². The van der Waals surface area contributed by atoms with Gasteiger partial charge in [0.15, 0.2) is 0 Å². The smallest absolute Gasteiger partial charge is 0.280 e. The minimum Gasteiger partial charge on any atom is -0.352 e. The summed E-state index contributed by atoms with van der Waals surface area (Å²) in [6.45, 7) is 2.37. The molecule has 2 atom stereocenters. The number of guanidine groups is 1. The van der Waals surface area contributed by atoms with Crippen LogP contribution in [0.4, 0.5) is 8.78 Å². The van der Waals surface area contributed by atoms with Gasteiger partial charge in [-0.25, -0.2) is 8.78 Å². The molecule has 172 valence electrons. The van der Waals surface area contributed by atoms with Crippen LogP contribution in [0, 0.1) is 18.6 Å². The molecule has 0 radical (unpaired) electrons. The SMILES string of the molecule is Cc1ccccc1CN/C(=N/C(=O)c1cccc(F)c1)NC(N)CC(N)c1ccc(F)cc1. The molecule has 0 saturated heterocycles. The molecule has 0 saturated carbocycles. The first-order chi connectivity index (χ1) is 15.8. The number of nitrogens with two attached hydrogens (primary N) is 2. The third-order valence-electron chi connectivity index (χ3n) is 5.12. The monoisotopic (exact) mass is 451 g/mol. The zero-order valence-electron chi connectivity index (χ0n) is 18.3. The van der Waals surface area contributed by atoms with Gasteiger partial charge in [0.1, 0.15) is 11.6 Å². The highest BCUT2D eigenvalue weighted by Gasteiger charge is 2.15. The van der Waals surface area contributed by atoms with Gasteiger partial charge in [-0.1, -0.05) is 42.5 Å². The number of nitrogens with one attached hydrogen (secondary N) is 2. The average Bonchev–Trinajstić information content (AvgIpc) is 2.78. The van der Waals surface area contributed by atoms with E-state index in [4.69, 9.17) is 11.5 Å². The first-order valence-corrected chi connectivity index (χ1v) is 10.5. The van der Waals surface area contributed by atoms with Crippen molar-refractivity contribution in [2.45, 2.75) is 32.1 Å². The maximum atomic E-state index is 13.5. The third-order valence-corrected chi connectivity index (χ3v) is 5.12. The largest absolute Gasteiger partial charge is 0.352 e. The summed E-state index contributed by atoms with van der Waals surface area (Å²) in [7, 11) is 0. The third kappa shape index (κ3) is 7.20. The van der Waals surface area contributed by atoms with E-state index in [1.165, 1.54) is 30.3 Å². The second-order valence-electron chi connectivity index (χ2n) is 7.70.